The zero-order valence-corrected chi connectivity index (χ0v) is 14.1. The van der Waals surface area contributed by atoms with Crippen LogP contribution >= 0.6 is 0 Å². The molecule has 3 aromatic rings. The van der Waals surface area contributed by atoms with Gasteiger partial charge in [-0.05, 0) is 34.9 Å². The van der Waals surface area contributed by atoms with Gasteiger partial charge in [-0.2, -0.15) is 0 Å². The highest BCUT2D eigenvalue weighted by atomic mass is 16.2. The standard InChI is InChI=1S/C21H19N3O2/c22-21(26)24-17-12-10-15(11-13-17)14-23-20(25)19-9-5-4-8-18(19)16-6-2-1-3-7-16/h1-13H,14H2,(H,23,25)(H3,22,24,26). The van der Waals surface area contributed by atoms with Crippen molar-refractivity contribution in [3.8, 4) is 11.1 Å². The van der Waals surface area contributed by atoms with Gasteiger partial charge in [0.05, 0.1) is 0 Å². The van der Waals surface area contributed by atoms with Crippen LogP contribution in [0.4, 0.5) is 10.5 Å². The smallest absolute Gasteiger partial charge is 0.316 e. The van der Waals surface area contributed by atoms with E-state index < -0.39 is 6.03 Å². The molecular weight excluding hydrogens is 326 g/mol. The number of carbonyl (C=O) groups is 2. The van der Waals surface area contributed by atoms with Gasteiger partial charge in [-0.25, -0.2) is 4.79 Å². The third kappa shape index (κ3) is 4.27. The summed E-state index contributed by atoms with van der Waals surface area (Å²) in [7, 11) is 0. The first kappa shape index (κ1) is 17.2. The SMILES string of the molecule is NC(=O)Nc1ccc(CNC(=O)c2ccccc2-c2ccccc2)cc1. The number of hydrogen-bond donors (Lipinski definition) is 3. The number of anilines is 1. The second-order valence-electron chi connectivity index (χ2n) is 5.78. The molecule has 0 aromatic heterocycles. The van der Waals surface area contributed by atoms with Gasteiger partial charge in [0.25, 0.3) is 5.91 Å². The number of rotatable bonds is 5. The monoisotopic (exact) mass is 345 g/mol. The maximum atomic E-state index is 12.6. The molecule has 5 nitrogen and oxygen atoms in total. The molecule has 5 heteroatoms. The minimum atomic E-state index is -0.608. The number of nitrogens with two attached hydrogens (primary N) is 1. The summed E-state index contributed by atoms with van der Waals surface area (Å²) in [6.07, 6.45) is 0. The van der Waals surface area contributed by atoms with Gasteiger partial charge in [-0.1, -0.05) is 60.7 Å². The molecule has 3 aromatic carbocycles. The third-order valence-corrected chi connectivity index (χ3v) is 3.93. The first-order valence-corrected chi connectivity index (χ1v) is 8.21. The topological polar surface area (TPSA) is 84.2 Å². The summed E-state index contributed by atoms with van der Waals surface area (Å²) in [5.41, 5.74) is 9.14. The van der Waals surface area contributed by atoms with E-state index in [-0.39, 0.29) is 5.91 Å². The molecule has 0 spiro atoms. The molecule has 0 unspecified atom stereocenters. The van der Waals surface area contributed by atoms with E-state index in [0.29, 0.717) is 17.8 Å². The van der Waals surface area contributed by atoms with Gasteiger partial charge in [-0.15, -0.1) is 0 Å². The molecule has 0 fully saturated rings. The quantitative estimate of drug-likeness (QED) is 0.657. The average molecular weight is 345 g/mol. The van der Waals surface area contributed by atoms with Crippen LogP contribution in [0.25, 0.3) is 11.1 Å². The van der Waals surface area contributed by atoms with E-state index in [4.69, 9.17) is 5.73 Å². The Labute approximate surface area is 151 Å². The number of urea groups is 1. The minimum Gasteiger partial charge on any atom is -0.351 e. The fourth-order valence-electron chi connectivity index (χ4n) is 2.68. The van der Waals surface area contributed by atoms with Crippen molar-refractivity contribution in [1.29, 1.82) is 0 Å². The van der Waals surface area contributed by atoms with E-state index >= 15 is 0 Å². The molecule has 0 bridgehead atoms. The van der Waals surface area contributed by atoms with Crippen LogP contribution in [0.2, 0.25) is 0 Å². The van der Waals surface area contributed by atoms with Crippen LogP contribution in [0, 0.1) is 0 Å². The first-order valence-electron chi connectivity index (χ1n) is 8.21. The van der Waals surface area contributed by atoms with Gasteiger partial charge >= 0.3 is 6.03 Å². The summed E-state index contributed by atoms with van der Waals surface area (Å²) in [5.74, 6) is -0.135. The van der Waals surface area contributed by atoms with Crippen molar-refractivity contribution >= 4 is 17.6 Å². The molecule has 0 heterocycles. The Morgan fingerprint density at radius 3 is 2.15 bits per heavy atom. The zero-order chi connectivity index (χ0) is 18.4. The Bertz CT molecular complexity index is 906. The lowest BCUT2D eigenvalue weighted by molar-refractivity contribution is 0.0951. The largest absolute Gasteiger partial charge is 0.351 e. The highest BCUT2D eigenvalue weighted by Crippen LogP contribution is 2.23. The van der Waals surface area contributed by atoms with Crippen molar-refractivity contribution in [1.82, 2.24) is 5.32 Å². The molecule has 0 aliphatic rings. The van der Waals surface area contributed by atoms with E-state index in [2.05, 4.69) is 10.6 Å². The lowest BCUT2D eigenvalue weighted by Gasteiger charge is -2.11. The fourth-order valence-corrected chi connectivity index (χ4v) is 2.68. The van der Waals surface area contributed by atoms with Crippen LogP contribution in [0.5, 0.6) is 0 Å². The Kier molecular flexibility index (Phi) is 5.29. The van der Waals surface area contributed by atoms with Crippen LogP contribution in [0.1, 0.15) is 15.9 Å². The number of hydrogen-bond acceptors (Lipinski definition) is 2. The molecule has 0 aliphatic carbocycles. The van der Waals surface area contributed by atoms with E-state index in [1.807, 2.05) is 66.7 Å². The third-order valence-electron chi connectivity index (χ3n) is 3.93. The van der Waals surface area contributed by atoms with Gasteiger partial charge in [0, 0.05) is 17.8 Å². The van der Waals surface area contributed by atoms with Crippen LogP contribution in [0.15, 0.2) is 78.9 Å². The summed E-state index contributed by atoms with van der Waals surface area (Å²) in [6.45, 7) is 0.388. The van der Waals surface area contributed by atoms with Crippen molar-refractivity contribution in [2.75, 3.05) is 5.32 Å². The Balaban J connectivity index is 1.70. The molecule has 0 aliphatic heterocycles. The molecule has 4 N–H and O–H groups in total. The highest BCUT2D eigenvalue weighted by molar-refractivity contribution is 6.00. The van der Waals surface area contributed by atoms with Gasteiger partial charge in [-0.3, -0.25) is 4.79 Å². The van der Waals surface area contributed by atoms with E-state index in [0.717, 1.165) is 16.7 Å². The molecule has 130 valence electrons. The molecular formula is C21H19N3O2. The second kappa shape index (κ2) is 7.98. The van der Waals surface area contributed by atoms with E-state index in [1.165, 1.54) is 0 Å². The van der Waals surface area contributed by atoms with Crippen LogP contribution in [-0.4, -0.2) is 11.9 Å². The molecule has 26 heavy (non-hydrogen) atoms. The van der Waals surface area contributed by atoms with Gasteiger partial charge in [0.2, 0.25) is 0 Å². The Morgan fingerprint density at radius 1 is 0.808 bits per heavy atom. The second-order valence-corrected chi connectivity index (χ2v) is 5.78. The Morgan fingerprint density at radius 2 is 1.46 bits per heavy atom. The summed E-state index contributed by atoms with van der Waals surface area (Å²) in [6, 6.07) is 23.9. The van der Waals surface area contributed by atoms with Crippen LogP contribution in [0.3, 0.4) is 0 Å². The van der Waals surface area contributed by atoms with Crippen molar-refractivity contribution in [3.63, 3.8) is 0 Å². The molecule has 0 radical (unpaired) electrons. The van der Waals surface area contributed by atoms with Crippen molar-refractivity contribution in [3.05, 3.63) is 90.0 Å². The predicted octanol–water partition coefficient (Wildman–Crippen LogP) is 3.77. The molecule has 0 atom stereocenters. The molecule has 3 amide bonds. The van der Waals surface area contributed by atoms with Crippen LogP contribution in [-0.2, 0) is 6.54 Å². The van der Waals surface area contributed by atoms with Gasteiger partial charge in [0.15, 0.2) is 0 Å². The molecule has 0 saturated carbocycles. The lowest BCUT2D eigenvalue weighted by atomic mass is 9.99. The number of benzene rings is 3. The normalized spacial score (nSPS) is 10.2. The summed E-state index contributed by atoms with van der Waals surface area (Å²) in [5, 5.41) is 5.43. The fraction of sp³-hybridized carbons (Fsp3) is 0.0476. The summed E-state index contributed by atoms with van der Waals surface area (Å²) in [4.78, 5) is 23.5. The maximum Gasteiger partial charge on any atom is 0.316 e. The number of carbonyl (C=O) groups excluding carboxylic acids is 2. The lowest BCUT2D eigenvalue weighted by Crippen LogP contribution is -2.23. The minimum absolute atomic E-state index is 0.135. The summed E-state index contributed by atoms with van der Waals surface area (Å²) < 4.78 is 0. The predicted molar refractivity (Wildman–Crippen MR) is 103 cm³/mol. The molecule has 3 rings (SSSR count). The van der Waals surface area contributed by atoms with Gasteiger partial charge < -0.3 is 16.4 Å². The molecule has 0 saturated heterocycles. The zero-order valence-electron chi connectivity index (χ0n) is 14.1. The van der Waals surface area contributed by atoms with Crippen LogP contribution < -0.4 is 16.4 Å². The average Bonchev–Trinajstić information content (AvgIpc) is 2.67. The van der Waals surface area contributed by atoms with E-state index in [1.54, 1.807) is 12.1 Å². The van der Waals surface area contributed by atoms with Crippen molar-refractivity contribution < 1.29 is 9.59 Å². The van der Waals surface area contributed by atoms with Crippen molar-refractivity contribution in [2.45, 2.75) is 6.54 Å². The highest BCUT2D eigenvalue weighted by Gasteiger charge is 2.11. The Hall–Kier alpha value is -3.60. The van der Waals surface area contributed by atoms with Crippen molar-refractivity contribution in [2.24, 2.45) is 5.73 Å². The van der Waals surface area contributed by atoms with E-state index in [9.17, 15) is 9.59 Å². The van der Waals surface area contributed by atoms with Gasteiger partial charge in [0.1, 0.15) is 0 Å². The first-order chi connectivity index (χ1) is 12.6. The number of amides is 3. The summed E-state index contributed by atoms with van der Waals surface area (Å²) >= 11 is 0. The number of nitrogens with one attached hydrogen (secondary N) is 2. The number of primary amides is 1. The maximum absolute atomic E-state index is 12.6.